The van der Waals surface area contributed by atoms with Crippen LogP contribution in [0.1, 0.15) is 51.6 Å². The molecule has 190 valence electrons. The van der Waals surface area contributed by atoms with Crippen LogP contribution in [0.15, 0.2) is 66.9 Å². The molecule has 0 aliphatic carbocycles. The van der Waals surface area contributed by atoms with E-state index in [4.69, 9.17) is 4.98 Å². The minimum atomic E-state index is -0.968. The molecular formula is C30H26F2N4Pt. The molecule has 5 rings (SSSR count). The van der Waals surface area contributed by atoms with Gasteiger partial charge in [0.2, 0.25) is 0 Å². The van der Waals surface area contributed by atoms with Gasteiger partial charge in [-0.15, -0.1) is 41.3 Å². The number of halogens is 2. The van der Waals surface area contributed by atoms with Crippen LogP contribution in [0.25, 0.3) is 27.7 Å². The molecule has 4 nitrogen and oxygen atoms in total. The van der Waals surface area contributed by atoms with Crippen LogP contribution in [0.4, 0.5) is 8.78 Å². The Morgan fingerprint density at radius 1 is 0.811 bits per heavy atom. The normalized spacial score (nSPS) is 12.0. The average molecular weight is 676 g/mol. The molecule has 3 heterocycles. The second-order valence-electron chi connectivity index (χ2n) is 10.5. The van der Waals surface area contributed by atoms with Gasteiger partial charge in [0.25, 0.3) is 0 Å². The molecule has 0 saturated heterocycles. The zero-order valence-electron chi connectivity index (χ0n) is 21.2. The molecule has 37 heavy (non-hydrogen) atoms. The summed E-state index contributed by atoms with van der Waals surface area (Å²) in [5.41, 5.74) is 3.64. The van der Waals surface area contributed by atoms with Crippen molar-refractivity contribution < 1.29 is 29.8 Å². The zero-order valence-corrected chi connectivity index (χ0v) is 23.5. The molecule has 0 saturated carbocycles. The van der Waals surface area contributed by atoms with E-state index in [-0.39, 0.29) is 32.2 Å². The van der Waals surface area contributed by atoms with Crippen molar-refractivity contribution in [2.45, 2.75) is 45.4 Å². The number of nitrogens with zero attached hydrogens (tertiary/aromatic N) is 4. The molecule has 0 fully saturated rings. The van der Waals surface area contributed by atoms with Crippen LogP contribution < -0.4 is 0 Å². The van der Waals surface area contributed by atoms with Crippen molar-refractivity contribution in [2.75, 3.05) is 0 Å². The van der Waals surface area contributed by atoms with Gasteiger partial charge in [0.1, 0.15) is 5.95 Å². The first-order chi connectivity index (χ1) is 17.0. The summed E-state index contributed by atoms with van der Waals surface area (Å²) in [5.74, 6) is -1.89. The Morgan fingerprint density at radius 2 is 1.54 bits per heavy atom. The summed E-state index contributed by atoms with van der Waals surface area (Å²) < 4.78 is 28.8. The summed E-state index contributed by atoms with van der Waals surface area (Å²) in [4.78, 5) is 8.30. The van der Waals surface area contributed by atoms with Gasteiger partial charge in [-0.2, -0.15) is 5.10 Å². The topological polar surface area (TPSA) is 43.6 Å². The van der Waals surface area contributed by atoms with E-state index in [2.05, 4.69) is 73.3 Å². The fourth-order valence-corrected chi connectivity index (χ4v) is 4.14. The predicted octanol–water partition coefficient (Wildman–Crippen LogP) is 6.98. The van der Waals surface area contributed by atoms with E-state index in [1.54, 1.807) is 6.20 Å². The minimum Gasteiger partial charge on any atom is -0.322 e. The molecule has 2 aromatic carbocycles. The van der Waals surface area contributed by atoms with Crippen LogP contribution in [-0.2, 0) is 31.9 Å². The van der Waals surface area contributed by atoms with Crippen LogP contribution >= 0.6 is 0 Å². The van der Waals surface area contributed by atoms with Crippen molar-refractivity contribution in [3.8, 4) is 16.9 Å². The number of rotatable bonds is 4. The maximum Gasteiger partial charge on any atom is 2.00 e. The second-order valence-corrected chi connectivity index (χ2v) is 10.5. The van der Waals surface area contributed by atoms with Gasteiger partial charge < -0.3 is 9.97 Å². The molecule has 0 bridgehead atoms. The van der Waals surface area contributed by atoms with Crippen LogP contribution in [0.2, 0.25) is 0 Å². The zero-order chi connectivity index (χ0) is 25.7. The third-order valence-electron chi connectivity index (χ3n) is 6.47. The summed E-state index contributed by atoms with van der Waals surface area (Å²) in [6.45, 7) is 10.6. The number of fused-ring (bicyclic) bond motifs is 1. The van der Waals surface area contributed by atoms with Gasteiger partial charge in [0.15, 0.2) is 0 Å². The van der Waals surface area contributed by atoms with Crippen LogP contribution in [-0.4, -0.2) is 19.7 Å². The van der Waals surface area contributed by atoms with Crippen molar-refractivity contribution in [3.05, 3.63) is 108 Å². The molecule has 7 heteroatoms. The molecule has 0 aliphatic rings. The maximum atomic E-state index is 14.2. The Morgan fingerprint density at radius 3 is 2.24 bits per heavy atom. The Kier molecular flexibility index (Phi) is 7.18. The first-order valence-corrected chi connectivity index (χ1v) is 11.8. The molecule has 0 unspecified atom stereocenters. The average Bonchev–Trinajstić information content (AvgIpc) is 3.34. The summed E-state index contributed by atoms with van der Waals surface area (Å²) in [6.07, 6.45) is 1.62. The SMILES string of the molecule is CC(C)(C)c1cc(-c2[c-]cc3ccccc3c2)nc(C(C)(C)c2ccn(-c3[c-]cc(F)nc3F)n2)c1.[Pt+2]. The summed E-state index contributed by atoms with van der Waals surface area (Å²) in [5, 5.41) is 6.84. The van der Waals surface area contributed by atoms with Crippen molar-refractivity contribution in [3.63, 3.8) is 0 Å². The van der Waals surface area contributed by atoms with Crippen LogP contribution in [0.5, 0.6) is 0 Å². The van der Waals surface area contributed by atoms with Gasteiger partial charge in [-0.1, -0.05) is 56.5 Å². The van der Waals surface area contributed by atoms with Gasteiger partial charge in [0.05, 0.1) is 17.1 Å². The molecule has 5 aromatic rings. The summed E-state index contributed by atoms with van der Waals surface area (Å²) in [7, 11) is 0. The predicted molar refractivity (Wildman–Crippen MR) is 137 cm³/mol. The maximum absolute atomic E-state index is 14.2. The fourth-order valence-electron chi connectivity index (χ4n) is 4.14. The fraction of sp³-hybridized carbons (Fsp3) is 0.233. The molecule has 0 N–H and O–H groups in total. The Balaban J connectivity index is 0.00000320. The molecule has 0 spiro atoms. The third-order valence-corrected chi connectivity index (χ3v) is 6.47. The molecule has 3 aromatic heterocycles. The van der Waals surface area contributed by atoms with Crippen molar-refractivity contribution >= 4 is 10.8 Å². The van der Waals surface area contributed by atoms with Crippen LogP contribution in [0, 0.1) is 24.0 Å². The molecule has 0 aliphatic heterocycles. The number of hydrogen-bond acceptors (Lipinski definition) is 3. The quantitative estimate of drug-likeness (QED) is 0.153. The molecular weight excluding hydrogens is 649 g/mol. The second kappa shape index (κ2) is 9.90. The standard InChI is InChI=1S/C30H26F2N4.Pt/c1-29(2,3)22-17-23(21-11-10-19-8-6-7-9-20(19)16-21)33-26(18-22)30(4,5)25-14-15-36(35-25)24-12-13-27(31)34-28(24)32;/h6-10,13-18H,1-5H3;/q-2;+2. The van der Waals surface area contributed by atoms with E-state index in [9.17, 15) is 8.78 Å². The van der Waals surface area contributed by atoms with Crippen molar-refractivity contribution in [2.24, 2.45) is 0 Å². The van der Waals surface area contributed by atoms with E-state index in [1.807, 2.05) is 38.1 Å². The smallest absolute Gasteiger partial charge is 0.322 e. The minimum absolute atomic E-state index is 0. The Hall–Kier alpha value is -3.24. The Bertz CT molecular complexity index is 1580. The third kappa shape index (κ3) is 5.26. The Labute approximate surface area is 230 Å². The molecule has 0 radical (unpaired) electrons. The molecule has 0 amide bonds. The van der Waals surface area contributed by atoms with E-state index in [1.165, 1.54) is 4.68 Å². The number of benzene rings is 2. The molecule has 0 atom stereocenters. The number of pyridine rings is 2. The van der Waals surface area contributed by atoms with E-state index in [0.29, 0.717) is 5.69 Å². The van der Waals surface area contributed by atoms with Crippen molar-refractivity contribution in [1.82, 2.24) is 19.7 Å². The van der Waals surface area contributed by atoms with Gasteiger partial charge in [-0.3, -0.25) is 13.5 Å². The number of hydrogen-bond donors (Lipinski definition) is 0. The van der Waals surface area contributed by atoms with Gasteiger partial charge >= 0.3 is 21.1 Å². The summed E-state index contributed by atoms with van der Waals surface area (Å²) >= 11 is 0. The van der Waals surface area contributed by atoms with Gasteiger partial charge in [0, 0.05) is 17.6 Å². The monoisotopic (exact) mass is 675 g/mol. The van der Waals surface area contributed by atoms with Crippen molar-refractivity contribution in [1.29, 1.82) is 0 Å². The van der Waals surface area contributed by atoms with E-state index >= 15 is 0 Å². The van der Waals surface area contributed by atoms with Gasteiger partial charge in [-0.25, -0.2) is 0 Å². The van der Waals surface area contributed by atoms with Gasteiger partial charge in [-0.05, 0) is 42.7 Å². The first-order valence-electron chi connectivity index (χ1n) is 11.8. The largest absolute Gasteiger partial charge is 2.00 e. The number of aromatic nitrogens is 4. The summed E-state index contributed by atoms with van der Waals surface area (Å²) in [6, 6.07) is 25.3. The van der Waals surface area contributed by atoms with E-state index in [0.717, 1.165) is 39.4 Å². The first kappa shape index (κ1) is 26.8. The van der Waals surface area contributed by atoms with E-state index < -0.39 is 17.3 Å². The van der Waals surface area contributed by atoms with Crippen LogP contribution in [0.3, 0.4) is 0 Å².